The molecular formula is C13H11N5O2. The van der Waals surface area contributed by atoms with Crippen LogP contribution in [0.1, 0.15) is 6.92 Å². The van der Waals surface area contributed by atoms with Crippen LogP contribution in [0.2, 0.25) is 0 Å². The summed E-state index contributed by atoms with van der Waals surface area (Å²) in [5.74, 6) is 1.25. The van der Waals surface area contributed by atoms with E-state index < -0.39 is 0 Å². The fraction of sp³-hybridized carbons (Fsp3) is 0.154. The van der Waals surface area contributed by atoms with Crippen molar-refractivity contribution in [3.8, 4) is 28.9 Å². The molecule has 0 spiro atoms. The van der Waals surface area contributed by atoms with E-state index in [0.717, 1.165) is 0 Å². The molecule has 0 saturated heterocycles. The second-order valence-corrected chi connectivity index (χ2v) is 3.80. The quantitative estimate of drug-likeness (QED) is 0.715. The summed E-state index contributed by atoms with van der Waals surface area (Å²) in [6.07, 6.45) is 6.36. The van der Waals surface area contributed by atoms with E-state index in [9.17, 15) is 0 Å². The molecule has 0 radical (unpaired) electrons. The van der Waals surface area contributed by atoms with Crippen LogP contribution in [0.15, 0.2) is 41.4 Å². The van der Waals surface area contributed by atoms with Crippen LogP contribution in [-0.4, -0.2) is 31.7 Å². The predicted molar refractivity (Wildman–Crippen MR) is 69.7 cm³/mol. The molecule has 7 nitrogen and oxygen atoms in total. The van der Waals surface area contributed by atoms with Crippen molar-refractivity contribution in [2.45, 2.75) is 6.92 Å². The van der Waals surface area contributed by atoms with Crippen LogP contribution in [0.25, 0.3) is 23.1 Å². The van der Waals surface area contributed by atoms with Gasteiger partial charge in [0.1, 0.15) is 5.69 Å². The van der Waals surface area contributed by atoms with Crippen LogP contribution in [0.4, 0.5) is 0 Å². The molecule has 3 aromatic heterocycles. The SMILES string of the molecule is CCOc1cccnc1-c1nc(-c2cnccn2)no1. The normalized spacial score (nSPS) is 10.4. The van der Waals surface area contributed by atoms with E-state index in [4.69, 9.17) is 9.26 Å². The van der Waals surface area contributed by atoms with E-state index in [0.29, 0.717) is 29.6 Å². The summed E-state index contributed by atoms with van der Waals surface area (Å²) in [6, 6.07) is 3.59. The first-order valence-corrected chi connectivity index (χ1v) is 6.06. The summed E-state index contributed by atoms with van der Waals surface area (Å²) in [5.41, 5.74) is 1.05. The van der Waals surface area contributed by atoms with Crippen molar-refractivity contribution in [3.63, 3.8) is 0 Å². The van der Waals surface area contributed by atoms with Gasteiger partial charge in [-0.2, -0.15) is 4.98 Å². The van der Waals surface area contributed by atoms with Crippen molar-refractivity contribution in [3.05, 3.63) is 36.9 Å². The van der Waals surface area contributed by atoms with Crippen molar-refractivity contribution in [1.29, 1.82) is 0 Å². The fourth-order valence-electron chi connectivity index (χ4n) is 1.66. The Hall–Kier alpha value is -2.83. The van der Waals surface area contributed by atoms with E-state index in [-0.39, 0.29) is 5.89 Å². The van der Waals surface area contributed by atoms with E-state index in [1.54, 1.807) is 36.9 Å². The topological polar surface area (TPSA) is 86.8 Å². The number of hydrogen-bond acceptors (Lipinski definition) is 7. The van der Waals surface area contributed by atoms with Gasteiger partial charge in [-0.05, 0) is 19.1 Å². The minimum absolute atomic E-state index is 0.287. The number of hydrogen-bond donors (Lipinski definition) is 0. The van der Waals surface area contributed by atoms with Crippen molar-refractivity contribution < 1.29 is 9.26 Å². The molecule has 0 N–H and O–H groups in total. The Bertz CT molecular complexity index is 699. The number of rotatable bonds is 4. The summed E-state index contributed by atoms with van der Waals surface area (Å²) >= 11 is 0. The summed E-state index contributed by atoms with van der Waals surface area (Å²) in [4.78, 5) is 16.6. The number of nitrogens with zero attached hydrogens (tertiary/aromatic N) is 5. The first kappa shape index (κ1) is 12.2. The molecule has 0 bridgehead atoms. The second-order valence-electron chi connectivity index (χ2n) is 3.80. The van der Waals surface area contributed by atoms with E-state index >= 15 is 0 Å². The van der Waals surface area contributed by atoms with Crippen molar-refractivity contribution in [2.24, 2.45) is 0 Å². The van der Waals surface area contributed by atoms with Crippen LogP contribution in [0.3, 0.4) is 0 Å². The maximum atomic E-state index is 5.49. The average Bonchev–Trinajstić information content (AvgIpc) is 2.99. The summed E-state index contributed by atoms with van der Waals surface area (Å²) in [6.45, 7) is 2.43. The molecule has 0 aliphatic heterocycles. The molecule has 0 amide bonds. The van der Waals surface area contributed by atoms with Gasteiger partial charge in [-0.15, -0.1) is 0 Å². The Morgan fingerprint density at radius 2 is 2.15 bits per heavy atom. The van der Waals surface area contributed by atoms with Gasteiger partial charge >= 0.3 is 0 Å². The molecule has 7 heteroatoms. The molecule has 0 saturated carbocycles. The van der Waals surface area contributed by atoms with Gasteiger partial charge in [0.05, 0.1) is 12.8 Å². The van der Waals surface area contributed by atoms with Crippen LogP contribution < -0.4 is 4.74 Å². The van der Waals surface area contributed by atoms with Gasteiger partial charge in [0.15, 0.2) is 11.4 Å². The maximum absolute atomic E-state index is 5.49. The fourth-order valence-corrected chi connectivity index (χ4v) is 1.66. The number of ether oxygens (including phenoxy) is 1. The molecule has 3 heterocycles. The minimum atomic E-state index is 0.287. The van der Waals surface area contributed by atoms with Gasteiger partial charge in [-0.25, -0.2) is 9.97 Å². The monoisotopic (exact) mass is 269 g/mol. The molecule has 0 aromatic carbocycles. The Balaban J connectivity index is 1.98. The van der Waals surface area contributed by atoms with E-state index in [1.165, 1.54) is 0 Å². The first-order chi connectivity index (χ1) is 9.88. The molecule has 3 rings (SSSR count). The third kappa shape index (κ3) is 2.33. The Kier molecular flexibility index (Phi) is 3.32. The van der Waals surface area contributed by atoms with Crippen LogP contribution in [-0.2, 0) is 0 Å². The smallest absolute Gasteiger partial charge is 0.280 e. The highest BCUT2D eigenvalue weighted by Gasteiger charge is 2.16. The Morgan fingerprint density at radius 3 is 2.95 bits per heavy atom. The van der Waals surface area contributed by atoms with E-state index in [1.807, 2.05) is 6.92 Å². The molecule has 100 valence electrons. The number of pyridine rings is 1. The van der Waals surface area contributed by atoms with Crippen LogP contribution >= 0.6 is 0 Å². The average molecular weight is 269 g/mol. The molecule has 0 unspecified atom stereocenters. The summed E-state index contributed by atoms with van der Waals surface area (Å²) in [5, 5.41) is 3.88. The lowest BCUT2D eigenvalue weighted by molar-refractivity contribution is 0.337. The third-order valence-electron chi connectivity index (χ3n) is 2.49. The van der Waals surface area contributed by atoms with Crippen molar-refractivity contribution >= 4 is 0 Å². The van der Waals surface area contributed by atoms with Gasteiger partial charge in [0.2, 0.25) is 5.82 Å². The first-order valence-electron chi connectivity index (χ1n) is 6.06. The lowest BCUT2D eigenvalue weighted by atomic mass is 10.3. The standard InChI is InChI=1S/C13H11N5O2/c1-2-19-10-4-3-5-16-11(10)13-17-12(18-20-13)9-8-14-6-7-15-9/h3-8H,2H2,1H3. The van der Waals surface area contributed by atoms with Gasteiger partial charge in [0, 0.05) is 18.6 Å². The molecule has 0 aliphatic carbocycles. The Labute approximate surface area is 114 Å². The van der Waals surface area contributed by atoms with Gasteiger partial charge in [0.25, 0.3) is 5.89 Å². The summed E-state index contributed by atoms with van der Waals surface area (Å²) in [7, 11) is 0. The molecule has 20 heavy (non-hydrogen) atoms. The molecule has 0 atom stereocenters. The molecular weight excluding hydrogens is 258 g/mol. The van der Waals surface area contributed by atoms with Crippen molar-refractivity contribution in [1.82, 2.24) is 25.1 Å². The third-order valence-corrected chi connectivity index (χ3v) is 2.49. The van der Waals surface area contributed by atoms with Crippen molar-refractivity contribution in [2.75, 3.05) is 6.61 Å². The van der Waals surface area contributed by atoms with Gasteiger partial charge < -0.3 is 9.26 Å². The second kappa shape index (κ2) is 5.43. The van der Waals surface area contributed by atoms with Crippen LogP contribution in [0.5, 0.6) is 5.75 Å². The predicted octanol–water partition coefficient (Wildman–Crippen LogP) is 1.99. The molecule has 0 aliphatic rings. The lowest BCUT2D eigenvalue weighted by Crippen LogP contribution is -1.95. The number of aromatic nitrogens is 5. The maximum Gasteiger partial charge on any atom is 0.280 e. The lowest BCUT2D eigenvalue weighted by Gasteiger charge is -2.04. The largest absolute Gasteiger partial charge is 0.491 e. The van der Waals surface area contributed by atoms with Gasteiger partial charge in [-0.1, -0.05) is 5.16 Å². The Morgan fingerprint density at radius 1 is 1.20 bits per heavy atom. The zero-order valence-corrected chi connectivity index (χ0v) is 10.7. The highest BCUT2D eigenvalue weighted by Crippen LogP contribution is 2.27. The highest BCUT2D eigenvalue weighted by molar-refractivity contribution is 5.59. The van der Waals surface area contributed by atoms with Gasteiger partial charge in [-0.3, -0.25) is 4.98 Å². The summed E-state index contributed by atoms with van der Waals surface area (Å²) < 4.78 is 10.7. The van der Waals surface area contributed by atoms with Crippen LogP contribution in [0, 0.1) is 0 Å². The molecule has 0 fully saturated rings. The zero-order valence-electron chi connectivity index (χ0n) is 10.7. The van der Waals surface area contributed by atoms with E-state index in [2.05, 4.69) is 25.1 Å². The minimum Gasteiger partial charge on any atom is -0.491 e. The highest BCUT2D eigenvalue weighted by atomic mass is 16.5. The zero-order chi connectivity index (χ0) is 13.8. The molecule has 3 aromatic rings.